The maximum absolute atomic E-state index is 13.1. The number of benzene rings is 2. The summed E-state index contributed by atoms with van der Waals surface area (Å²) in [6.07, 6.45) is 0. The van der Waals surface area contributed by atoms with Crippen molar-refractivity contribution in [3.63, 3.8) is 0 Å². The Kier molecular flexibility index (Phi) is 5.17. The molecule has 0 saturated heterocycles. The topological polar surface area (TPSA) is 44.5 Å². The molecule has 0 unspecified atom stereocenters. The second kappa shape index (κ2) is 7.09. The van der Waals surface area contributed by atoms with Gasteiger partial charge < -0.3 is 15.2 Å². The van der Waals surface area contributed by atoms with E-state index >= 15 is 0 Å². The summed E-state index contributed by atoms with van der Waals surface area (Å²) in [6.45, 7) is 5.06. The normalized spacial score (nSPS) is 10.5. The van der Waals surface area contributed by atoms with Gasteiger partial charge in [-0.3, -0.25) is 0 Å². The van der Waals surface area contributed by atoms with Crippen molar-refractivity contribution >= 4 is 0 Å². The first-order chi connectivity index (χ1) is 10.2. The van der Waals surface area contributed by atoms with Gasteiger partial charge in [0.15, 0.2) is 11.5 Å². The maximum Gasteiger partial charge on any atom is 0.166 e. The molecule has 112 valence electrons. The van der Waals surface area contributed by atoms with Crippen molar-refractivity contribution in [3.8, 4) is 11.5 Å². The maximum atomic E-state index is 13.1. The van der Waals surface area contributed by atoms with Crippen LogP contribution < -0.4 is 15.2 Å². The van der Waals surface area contributed by atoms with Crippen molar-refractivity contribution in [2.75, 3.05) is 6.61 Å². The van der Waals surface area contributed by atoms with Crippen LogP contribution in [0.5, 0.6) is 11.5 Å². The third kappa shape index (κ3) is 3.73. The molecule has 0 radical (unpaired) electrons. The van der Waals surface area contributed by atoms with Crippen LogP contribution in [0.3, 0.4) is 0 Å². The smallest absolute Gasteiger partial charge is 0.166 e. The molecule has 3 nitrogen and oxygen atoms in total. The van der Waals surface area contributed by atoms with Crippen LogP contribution in [0.2, 0.25) is 0 Å². The van der Waals surface area contributed by atoms with E-state index in [4.69, 9.17) is 15.2 Å². The third-order valence-electron chi connectivity index (χ3n) is 3.26. The summed E-state index contributed by atoms with van der Waals surface area (Å²) in [5.74, 6) is 1.10. The lowest BCUT2D eigenvalue weighted by atomic mass is 10.1. The summed E-state index contributed by atoms with van der Waals surface area (Å²) in [7, 11) is 0. The zero-order valence-electron chi connectivity index (χ0n) is 12.4. The van der Waals surface area contributed by atoms with Gasteiger partial charge in [-0.15, -0.1) is 0 Å². The van der Waals surface area contributed by atoms with Crippen molar-refractivity contribution in [2.45, 2.75) is 27.0 Å². The van der Waals surface area contributed by atoms with E-state index in [2.05, 4.69) is 0 Å². The predicted octanol–water partition coefficient (Wildman–Crippen LogP) is 3.57. The molecule has 2 aromatic carbocycles. The number of aryl methyl sites for hydroxylation is 1. The number of para-hydroxylation sites is 1. The minimum absolute atomic E-state index is 0.242. The number of hydrogen-bond acceptors (Lipinski definition) is 3. The van der Waals surface area contributed by atoms with E-state index in [9.17, 15) is 4.39 Å². The van der Waals surface area contributed by atoms with Crippen LogP contribution in [-0.4, -0.2) is 6.61 Å². The Labute approximate surface area is 124 Å². The van der Waals surface area contributed by atoms with Gasteiger partial charge in [0.25, 0.3) is 0 Å². The highest BCUT2D eigenvalue weighted by Crippen LogP contribution is 2.32. The standard InChI is InChI=1S/C17H20FNO2/c1-3-20-16-6-4-5-13(10-19)17(16)21-11-14-7-8-15(18)9-12(14)2/h4-9H,3,10-11,19H2,1-2H3. The fourth-order valence-electron chi connectivity index (χ4n) is 2.13. The van der Waals surface area contributed by atoms with E-state index in [-0.39, 0.29) is 5.82 Å². The average molecular weight is 289 g/mol. The van der Waals surface area contributed by atoms with Gasteiger partial charge in [-0.05, 0) is 43.2 Å². The Hall–Kier alpha value is -2.07. The summed E-state index contributed by atoms with van der Waals surface area (Å²) in [5, 5.41) is 0. The van der Waals surface area contributed by atoms with Gasteiger partial charge in [0.1, 0.15) is 12.4 Å². The highest BCUT2D eigenvalue weighted by atomic mass is 19.1. The van der Waals surface area contributed by atoms with Crippen molar-refractivity contribution in [3.05, 3.63) is 58.9 Å². The van der Waals surface area contributed by atoms with E-state index < -0.39 is 0 Å². The number of halogens is 1. The van der Waals surface area contributed by atoms with Gasteiger partial charge in [0, 0.05) is 12.1 Å². The summed E-state index contributed by atoms with van der Waals surface area (Å²) < 4.78 is 24.6. The summed E-state index contributed by atoms with van der Waals surface area (Å²) >= 11 is 0. The van der Waals surface area contributed by atoms with Gasteiger partial charge >= 0.3 is 0 Å². The molecule has 2 N–H and O–H groups in total. The van der Waals surface area contributed by atoms with Crippen LogP contribution in [0.4, 0.5) is 4.39 Å². The quantitative estimate of drug-likeness (QED) is 0.884. The second-order valence-electron chi connectivity index (χ2n) is 4.74. The lowest BCUT2D eigenvalue weighted by Gasteiger charge is -2.16. The summed E-state index contributed by atoms with van der Waals surface area (Å²) in [4.78, 5) is 0. The summed E-state index contributed by atoms with van der Waals surface area (Å²) in [6, 6.07) is 10.3. The van der Waals surface area contributed by atoms with E-state index in [1.165, 1.54) is 12.1 Å². The first-order valence-corrected chi connectivity index (χ1v) is 6.98. The molecule has 0 aliphatic heterocycles. The lowest BCUT2D eigenvalue weighted by molar-refractivity contribution is 0.266. The molecule has 0 spiro atoms. The number of hydrogen-bond donors (Lipinski definition) is 1. The Morgan fingerprint density at radius 3 is 2.57 bits per heavy atom. The van der Waals surface area contributed by atoms with E-state index in [1.807, 2.05) is 32.0 Å². The first kappa shape index (κ1) is 15.3. The molecular weight excluding hydrogens is 269 g/mol. The lowest BCUT2D eigenvalue weighted by Crippen LogP contribution is -2.06. The van der Waals surface area contributed by atoms with E-state index in [0.29, 0.717) is 31.3 Å². The fourth-order valence-corrected chi connectivity index (χ4v) is 2.13. The molecule has 0 aromatic heterocycles. The highest BCUT2D eigenvalue weighted by molar-refractivity contribution is 5.46. The highest BCUT2D eigenvalue weighted by Gasteiger charge is 2.11. The zero-order chi connectivity index (χ0) is 15.2. The molecular formula is C17H20FNO2. The van der Waals surface area contributed by atoms with Gasteiger partial charge in [0.2, 0.25) is 0 Å². The predicted molar refractivity (Wildman–Crippen MR) is 81.0 cm³/mol. The zero-order valence-corrected chi connectivity index (χ0v) is 12.4. The molecule has 0 saturated carbocycles. The monoisotopic (exact) mass is 289 g/mol. The molecule has 0 atom stereocenters. The molecule has 0 fully saturated rings. The fraction of sp³-hybridized carbons (Fsp3) is 0.294. The Balaban J connectivity index is 2.22. The van der Waals surface area contributed by atoms with Crippen molar-refractivity contribution < 1.29 is 13.9 Å². The second-order valence-corrected chi connectivity index (χ2v) is 4.74. The van der Waals surface area contributed by atoms with Gasteiger partial charge in [0.05, 0.1) is 6.61 Å². The van der Waals surface area contributed by atoms with Gasteiger partial charge in [-0.1, -0.05) is 18.2 Å². The van der Waals surface area contributed by atoms with Crippen LogP contribution in [0.1, 0.15) is 23.6 Å². The molecule has 4 heteroatoms. The Morgan fingerprint density at radius 2 is 1.90 bits per heavy atom. The average Bonchev–Trinajstić information content (AvgIpc) is 2.47. The SMILES string of the molecule is CCOc1cccc(CN)c1OCc1ccc(F)cc1C. The molecule has 0 amide bonds. The molecule has 0 aliphatic carbocycles. The van der Waals surface area contributed by atoms with Crippen LogP contribution >= 0.6 is 0 Å². The molecule has 2 rings (SSSR count). The third-order valence-corrected chi connectivity index (χ3v) is 3.26. The van der Waals surface area contributed by atoms with Gasteiger partial charge in [-0.25, -0.2) is 4.39 Å². The van der Waals surface area contributed by atoms with E-state index in [0.717, 1.165) is 16.7 Å². The number of nitrogens with two attached hydrogens (primary N) is 1. The van der Waals surface area contributed by atoms with Crippen LogP contribution in [0, 0.1) is 12.7 Å². The molecule has 2 aromatic rings. The Bertz CT molecular complexity index is 614. The first-order valence-electron chi connectivity index (χ1n) is 6.98. The van der Waals surface area contributed by atoms with Crippen LogP contribution in [0.25, 0.3) is 0 Å². The molecule has 0 bridgehead atoms. The number of rotatable bonds is 6. The van der Waals surface area contributed by atoms with Gasteiger partial charge in [-0.2, -0.15) is 0 Å². The van der Waals surface area contributed by atoms with Crippen LogP contribution in [-0.2, 0) is 13.2 Å². The van der Waals surface area contributed by atoms with E-state index in [1.54, 1.807) is 6.07 Å². The minimum atomic E-state index is -0.242. The van der Waals surface area contributed by atoms with Crippen molar-refractivity contribution in [2.24, 2.45) is 5.73 Å². The van der Waals surface area contributed by atoms with Crippen molar-refractivity contribution in [1.29, 1.82) is 0 Å². The Morgan fingerprint density at radius 1 is 1.10 bits per heavy atom. The van der Waals surface area contributed by atoms with Crippen LogP contribution in [0.15, 0.2) is 36.4 Å². The molecule has 0 heterocycles. The largest absolute Gasteiger partial charge is 0.490 e. The van der Waals surface area contributed by atoms with Crippen molar-refractivity contribution in [1.82, 2.24) is 0 Å². The molecule has 21 heavy (non-hydrogen) atoms. The summed E-state index contributed by atoms with van der Waals surface area (Å²) in [5.41, 5.74) is 8.43. The minimum Gasteiger partial charge on any atom is -0.490 e. The molecule has 0 aliphatic rings. The number of ether oxygens (including phenoxy) is 2.